The molecule has 0 spiro atoms. The first kappa shape index (κ1) is 14.3. The zero-order valence-electron chi connectivity index (χ0n) is 12.1. The van der Waals surface area contributed by atoms with E-state index in [1.165, 1.54) is 19.3 Å². The average molecular weight is 259 g/mol. The Kier molecular flexibility index (Phi) is 5.15. The summed E-state index contributed by atoms with van der Waals surface area (Å²) in [4.78, 5) is 14.6. The monoisotopic (exact) mass is 259 g/mol. The molecular formula is C17H25NO. The first-order valence-corrected chi connectivity index (χ1v) is 7.56. The van der Waals surface area contributed by atoms with Crippen LogP contribution in [-0.2, 0) is 0 Å². The van der Waals surface area contributed by atoms with Gasteiger partial charge in [0.2, 0.25) is 0 Å². The Hall–Kier alpha value is -1.15. The molecule has 2 rings (SSSR count). The smallest absolute Gasteiger partial charge is 0.162 e. The average Bonchev–Trinajstić information content (AvgIpc) is 2.80. The normalized spacial score (nSPS) is 23.7. The van der Waals surface area contributed by atoms with Gasteiger partial charge in [-0.05, 0) is 39.2 Å². The minimum Gasteiger partial charge on any atom is -0.298 e. The van der Waals surface area contributed by atoms with E-state index in [0.29, 0.717) is 12.5 Å². The van der Waals surface area contributed by atoms with Crippen LogP contribution < -0.4 is 0 Å². The van der Waals surface area contributed by atoms with Crippen molar-refractivity contribution in [2.45, 2.75) is 58.0 Å². The number of ketones is 1. The lowest BCUT2D eigenvalue weighted by atomic mass is 10.1. The molecular weight excluding hydrogens is 234 g/mol. The zero-order chi connectivity index (χ0) is 13.7. The van der Waals surface area contributed by atoms with Crippen LogP contribution in [0.3, 0.4) is 0 Å². The van der Waals surface area contributed by atoms with Crippen LogP contribution in [0.2, 0.25) is 0 Å². The standard InChI is InChI=1S/C17H25NO/c1-3-16-12-11-14(2)18(16)13-7-10-17(19)15-8-5-4-6-9-15/h4-6,8-9,14,16H,3,7,10-13H2,1-2H3. The summed E-state index contributed by atoms with van der Waals surface area (Å²) >= 11 is 0. The second kappa shape index (κ2) is 6.85. The Bertz CT molecular complexity index is 401. The van der Waals surface area contributed by atoms with E-state index in [4.69, 9.17) is 0 Å². The van der Waals surface area contributed by atoms with E-state index < -0.39 is 0 Å². The predicted molar refractivity (Wildman–Crippen MR) is 79.5 cm³/mol. The lowest BCUT2D eigenvalue weighted by molar-refractivity contribution is 0.0969. The summed E-state index contributed by atoms with van der Waals surface area (Å²) in [7, 11) is 0. The van der Waals surface area contributed by atoms with E-state index in [1.807, 2.05) is 30.3 Å². The Morgan fingerprint density at radius 1 is 1.26 bits per heavy atom. The maximum absolute atomic E-state index is 12.0. The van der Waals surface area contributed by atoms with Crippen molar-refractivity contribution in [1.29, 1.82) is 0 Å². The van der Waals surface area contributed by atoms with Crippen molar-refractivity contribution in [2.24, 2.45) is 0 Å². The van der Waals surface area contributed by atoms with Crippen molar-refractivity contribution in [3.05, 3.63) is 35.9 Å². The van der Waals surface area contributed by atoms with Crippen molar-refractivity contribution >= 4 is 5.78 Å². The van der Waals surface area contributed by atoms with Crippen molar-refractivity contribution in [3.8, 4) is 0 Å². The molecule has 1 heterocycles. The van der Waals surface area contributed by atoms with E-state index in [-0.39, 0.29) is 5.78 Å². The van der Waals surface area contributed by atoms with Crippen molar-refractivity contribution in [3.63, 3.8) is 0 Å². The lowest BCUT2D eigenvalue weighted by Gasteiger charge is -2.27. The molecule has 0 N–H and O–H groups in total. The van der Waals surface area contributed by atoms with Crippen LogP contribution in [0.1, 0.15) is 56.3 Å². The molecule has 2 nitrogen and oxygen atoms in total. The number of carbonyl (C=O) groups is 1. The van der Waals surface area contributed by atoms with Gasteiger partial charge in [0.15, 0.2) is 5.78 Å². The van der Waals surface area contributed by atoms with Gasteiger partial charge in [0, 0.05) is 24.1 Å². The quantitative estimate of drug-likeness (QED) is 0.722. The van der Waals surface area contributed by atoms with Crippen LogP contribution in [-0.4, -0.2) is 29.3 Å². The third kappa shape index (κ3) is 3.66. The number of benzene rings is 1. The highest BCUT2D eigenvalue weighted by Crippen LogP contribution is 2.26. The molecule has 1 aliphatic heterocycles. The molecule has 19 heavy (non-hydrogen) atoms. The molecule has 1 aromatic carbocycles. The Labute approximate surface area is 116 Å². The summed E-state index contributed by atoms with van der Waals surface area (Å²) in [5, 5.41) is 0. The van der Waals surface area contributed by atoms with Crippen LogP contribution >= 0.6 is 0 Å². The Balaban J connectivity index is 1.79. The SMILES string of the molecule is CCC1CCC(C)N1CCCC(=O)c1ccccc1. The van der Waals surface area contributed by atoms with Gasteiger partial charge in [-0.15, -0.1) is 0 Å². The predicted octanol–water partition coefficient (Wildman–Crippen LogP) is 3.91. The molecule has 1 aliphatic rings. The van der Waals surface area contributed by atoms with Gasteiger partial charge in [0.1, 0.15) is 0 Å². The van der Waals surface area contributed by atoms with Crippen LogP contribution in [0, 0.1) is 0 Å². The first-order valence-electron chi connectivity index (χ1n) is 7.56. The number of hydrogen-bond donors (Lipinski definition) is 0. The van der Waals surface area contributed by atoms with Gasteiger partial charge in [-0.1, -0.05) is 37.3 Å². The summed E-state index contributed by atoms with van der Waals surface area (Å²) < 4.78 is 0. The van der Waals surface area contributed by atoms with E-state index in [2.05, 4.69) is 18.7 Å². The lowest BCUT2D eigenvalue weighted by Crippen LogP contribution is -2.35. The topological polar surface area (TPSA) is 20.3 Å². The van der Waals surface area contributed by atoms with E-state index in [0.717, 1.165) is 24.6 Å². The molecule has 0 amide bonds. The van der Waals surface area contributed by atoms with Gasteiger partial charge in [-0.3, -0.25) is 9.69 Å². The number of hydrogen-bond acceptors (Lipinski definition) is 2. The minimum atomic E-state index is 0.278. The summed E-state index contributed by atoms with van der Waals surface area (Å²) in [6.45, 7) is 5.65. The maximum Gasteiger partial charge on any atom is 0.162 e. The van der Waals surface area contributed by atoms with Gasteiger partial charge in [0.25, 0.3) is 0 Å². The molecule has 0 radical (unpaired) electrons. The summed E-state index contributed by atoms with van der Waals surface area (Å²) in [5.74, 6) is 0.278. The Morgan fingerprint density at radius 2 is 2.00 bits per heavy atom. The molecule has 0 bridgehead atoms. The largest absolute Gasteiger partial charge is 0.298 e. The first-order chi connectivity index (χ1) is 9.22. The van der Waals surface area contributed by atoms with Gasteiger partial charge in [-0.2, -0.15) is 0 Å². The van der Waals surface area contributed by atoms with E-state index in [1.54, 1.807) is 0 Å². The molecule has 0 saturated carbocycles. The van der Waals surface area contributed by atoms with Crippen LogP contribution in [0.4, 0.5) is 0 Å². The van der Waals surface area contributed by atoms with E-state index in [9.17, 15) is 4.79 Å². The summed E-state index contributed by atoms with van der Waals surface area (Å²) in [6.07, 6.45) is 5.52. The van der Waals surface area contributed by atoms with Gasteiger partial charge in [0.05, 0.1) is 0 Å². The number of carbonyl (C=O) groups excluding carboxylic acids is 1. The maximum atomic E-state index is 12.0. The van der Waals surface area contributed by atoms with Gasteiger partial charge in [-0.25, -0.2) is 0 Å². The second-order valence-corrected chi connectivity index (χ2v) is 5.62. The third-order valence-electron chi connectivity index (χ3n) is 4.34. The molecule has 104 valence electrons. The molecule has 0 aliphatic carbocycles. The number of Topliss-reactive ketones (excluding diaryl/α,β-unsaturated/α-hetero) is 1. The summed E-state index contributed by atoms with van der Waals surface area (Å²) in [6, 6.07) is 11.1. The Morgan fingerprint density at radius 3 is 2.68 bits per heavy atom. The highest BCUT2D eigenvalue weighted by Gasteiger charge is 2.28. The number of nitrogens with zero attached hydrogens (tertiary/aromatic N) is 1. The van der Waals surface area contributed by atoms with Crippen molar-refractivity contribution in [2.75, 3.05) is 6.54 Å². The number of likely N-dealkylation sites (tertiary alicyclic amines) is 1. The third-order valence-corrected chi connectivity index (χ3v) is 4.34. The molecule has 2 atom stereocenters. The zero-order valence-corrected chi connectivity index (χ0v) is 12.1. The molecule has 2 unspecified atom stereocenters. The second-order valence-electron chi connectivity index (χ2n) is 5.62. The van der Waals surface area contributed by atoms with Crippen LogP contribution in [0.5, 0.6) is 0 Å². The fourth-order valence-electron chi connectivity index (χ4n) is 3.16. The highest BCUT2D eigenvalue weighted by atomic mass is 16.1. The highest BCUT2D eigenvalue weighted by molar-refractivity contribution is 5.95. The minimum absolute atomic E-state index is 0.278. The van der Waals surface area contributed by atoms with Gasteiger partial charge >= 0.3 is 0 Å². The number of rotatable bonds is 6. The molecule has 1 saturated heterocycles. The van der Waals surface area contributed by atoms with Crippen LogP contribution in [0.25, 0.3) is 0 Å². The molecule has 0 aromatic heterocycles. The van der Waals surface area contributed by atoms with Gasteiger partial charge < -0.3 is 0 Å². The van der Waals surface area contributed by atoms with E-state index >= 15 is 0 Å². The summed E-state index contributed by atoms with van der Waals surface area (Å²) in [5.41, 5.74) is 0.851. The fraction of sp³-hybridized carbons (Fsp3) is 0.588. The molecule has 1 aromatic rings. The molecule has 1 fully saturated rings. The van der Waals surface area contributed by atoms with Crippen molar-refractivity contribution in [1.82, 2.24) is 4.90 Å². The van der Waals surface area contributed by atoms with Crippen LogP contribution in [0.15, 0.2) is 30.3 Å². The molecule has 2 heteroatoms. The van der Waals surface area contributed by atoms with Crippen molar-refractivity contribution < 1.29 is 4.79 Å². The fourth-order valence-corrected chi connectivity index (χ4v) is 3.16.